The van der Waals surface area contributed by atoms with E-state index in [0.717, 1.165) is 23.1 Å². The molecule has 0 aliphatic carbocycles. The molecule has 182 valence electrons. The number of anilines is 2. The van der Waals surface area contributed by atoms with E-state index in [1.807, 2.05) is 0 Å². The summed E-state index contributed by atoms with van der Waals surface area (Å²) in [5.74, 6) is 0.653. The third-order valence-corrected chi connectivity index (χ3v) is 5.14. The van der Waals surface area contributed by atoms with Crippen molar-refractivity contribution in [3.05, 3.63) is 59.7 Å². The summed E-state index contributed by atoms with van der Waals surface area (Å²) < 4.78 is 98.3. The van der Waals surface area contributed by atoms with Crippen molar-refractivity contribution < 1.29 is 30.7 Å². The Bertz CT molecular complexity index is 1470. The number of halogens is 7. The molecule has 4 aromatic rings. The van der Waals surface area contributed by atoms with Crippen molar-refractivity contribution in [2.45, 2.75) is 26.7 Å². The zero-order valence-electron chi connectivity index (χ0n) is 18.2. The first-order valence-corrected chi connectivity index (χ1v) is 10.1. The van der Waals surface area contributed by atoms with Crippen molar-refractivity contribution in [1.82, 2.24) is 19.6 Å². The minimum Gasteiger partial charge on any atom is -0.320 e. The van der Waals surface area contributed by atoms with Crippen LogP contribution in [0, 0.1) is 34.7 Å². The molecular formula is C23H16F7N5. The van der Waals surface area contributed by atoms with Crippen LogP contribution in [-0.4, -0.2) is 39.0 Å². The van der Waals surface area contributed by atoms with Gasteiger partial charge in [0.25, 0.3) is 18.6 Å². The smallest absolute Gasteiger partial charge is 0.257 e. The summed E-state index contributed by atoms with van der Waals surface area (Å²) in [6.45, 7) is 1.30. The van der Waals surface area contributed by atoms with Gasteiger partial charge in [-0.2, -0.15) is 4.98 Å². The SMILES string of the molecule is CC(C)(C#Cc1cc(F)cc(N(CC(F)F)c2nc3nncn3c3ccc(F)c(F)c23)c1)C(F)F. The predicted octanol–water partition coefficient (Wildman–Crippen LogP) is 5.74. The monoisotopic (exact) mass is 495 g/mol. The van der Waals surface area contributed by atoms with E-state index in [9.17, 15) is 30.7 Å². The second-order valence-corrected chi connectivity index (χ2v) is 8.16. The number of aromatic nitrogens is 4. The van der Waals surface area contributed by atoms with Gasteiger partial charge < -0.3 is 4.90 Å². The van der Waals surface area contributed by atoms with E-state index >= 15 is 0 Å². The van der Waals surface area contributed by atoms with E-state index < -0.39 is 53.5 Å². The molecule has 2 heterocycles. The number of benzene rings is 2. The average molecular weight is 495 g/mol. The molecule has 0 spiro atoms. The Morgan fingerprint density at radius 2 is 1.80 bits per heavy atom. The van der Waals surface area contributed by atoms with E-state index in [1.54, 1.807) is 0 Å². The van der Waals surface area contributed by atoms with Crippen LogP contribution in [0.4, 0.5) is 42.2 Å². The number of fused-ring (bicyclic) bond motifs is 3. The topological polar surface area (TPSA) is 46.3 Å². The lowest BCUT2D eigenvalue weighted by Gasteiger charge is -2.25. The Labute approximate surface area is 194 Å². The molecule has 35 heavy (non-hydrogen) atoms. The maximum absolute atomic E-state index is 14.9. The van der Waals surface area contributed by atoms with Gasteiger partial charge in [0.15, 0.2) is 11.6 Å². The Morgan fingerprint density at radius 3 is 2.49 bits per heavy atom. The third-order valence-electron chi connectivity index (χ3n) is 5.14. The van der Waals surface area contributed by atoms with Crippen LogP contribution in [0.25, 0.3) is 16.7 Å². The predicted molar refractivity (Wildman–Crippen MR) is 114 cm³/mol. The van der Waals surface area contributed by atoms with Crippen molar-refractivity contribution in [1.29, 1.82) is 0 Å². The number of rotatable bonds is 5. The quantitative estimate of drug-likeness (QED) is 0.262. The first-order valence-electron chi connectivity index (χ1n) is 10.1. The van der Waals surface area contributed by atoms with Gasteiger partial charge in [0, 0.05) is 11.3 Å². The normalized spacial score (nSPS) is 12.0. The lowest BCUT2D eigenvalue weighted by atomic mass is 9.95. The molecule has 2 aromatic heterocycles. The average Bonchev–Trinajstić information content (AvgIpc) is 3.26. The molecule has 0 amide bonds. The van der Waals surface area contributed by atoms with Gasteiger partial charge in [-0.1, -0.05) is 11.8 Å². The second kappa shape index (κ2) is 9.05. The van der Waals surface area contributed by atoms with Crippen molar-refractivity contribution >= 4 is 28.2 Å². The van der Waals surface area contributed by atoms with E-state index in [1.165, 1.54) is 36.7 Å². The van der Waals surface area contributed by atoms with E-state index in [-0.39, 0.29) is 22.5 Å². The molecule has 5 nitrogen and oxygen atoms in total. The summed E-state index contributed by atoms with van der Waals surface area (Å²) in [7, 11) is 0. The largest absolute Gasteiger partial charge is 0.320 e. The van der Waals surface area contributed by atoms with Gasteiger partial charge in [0.05, 0.1) is 22.9 Å². The zero-order valence-corrected chi connectivity index (χ0v) is 18.2. The molecule has 0 unspecified atom stereocenters. The van der Waals surface area contributed by atoms with Gasteiger partial charge in [-0.3, -0.25) is 4.40 Å². The Balaban J connectivity index is 1.96. The van der Waals surface area contributed by atoms with Gasteiger partial charge in [-0.05, 0) is 44.2 Å². The molecule has 2 aromatic carbocycles. The van der Waals surface area contributed by atoms with Crippen molar-refractivity contribution in [2.75, 3.05) is 11.4 Å². The molecule has 12 heteroatoms. The van der Waals surface area contributed by atoms with Gasteiger partial charge >= 0.3 is 0 Å². The molecule has 0 fully saturated rings. The maximum Gasteiger partial charge on any atom is 0.257 e. The highest BCUT2D eigenvalue weighted by Gasteiger charge is 2.27. The molecule has 0 saturated heterocycles. The summed E-state index contributed by atoms with van der Waals surface area (Å²) in [6, 6.07) is 5.01. The van der Waals surface area contributed by atoms with Crippen LogP contribution in [0.5, 0.6) is 0 Å². The first-order chi connectivity index (χ1) is 16.5. The summed E-state index contributed by atoms with van der Waals surface area (Å²) in [5, 5.41) is 6.94. The van der Waals surface area contributed by atoms with E-state index in [2.05, 4.69) is 27.0 Å². The summed E-state index contributed by atoms with van der Waals surface area (Å²) in [4.78, 5) is 4.87. The number of hydrogen-bond acceptors (Lipinski definition) is 4. The van der Waals surface area contributed by atoms with Crippen LogP contribution in [0.2, 0.25) is 0 Å². The first kappa shape index (κ1) is 24.3. The number of alkyl halides is 4. The van der Waals surface area contributed by atoms with Crippen LogP contribution >= 0.6 is 0 Å². The molecule has 0 radical (unpaired) electrons. The van der Waals surface area contributed by atoms with E-state index in [4.69, 9.17) is 0 Å². The summed E-state index contributed by atoms with van der Waals surface area (Å²) in [6.07, 6.45) is -4.61. The number of nitrogens with zero attached hydrogens (tertiary/aromatic N) is 5. The third kappa shape index (κ3) is 4.71. The second-order valence-electron chi connectivity index (χ2n) is 8.16. The molecule has 0 N–H and O–H groups in total. The van der Waals surface area contributed by atoms with Crippen LogP contribution < -0.4 is 4.90 Å². The Kier molecular flexibility index (Phi) is 6.27. The van der Waals surface area contributed by atoms with Gasteiger partial charge in [-0.15, -0.1) is 10.2 Å². The highest BCUT2D eigenvalue weighted by molar-refractivity contribution is 5.94. The van der Waals surface area contributed by atoms with Crippen molar-refractivity contribution in [2.24, 2.45) is 5.41 Å². The fourth-order valence-electron chi connectivity index (χ4n) is 3.32. The lowest BCUT2D eigenvalue weighted by molar-refractivity contribution is 0.0570. The molecule has 0 aliphatic rings. The van der Waals surface area contributed by atoms with Crippen LogP contribution in [0.1, 0.15) is 19.4 Å². The summed E-state index contributed by atoms with van der Waals surface area (Å²) >= 11 is 0. The molecule has 0 bridgehead atoms. The van der Waals surface area contributed by atoms with Gasteiger partial charge in [0.2, 0.25) is 0 Å². The van der Waals surface area contributed by atoms with Crippen molar-refractivity contribution in [3.8, 4) is 11.8 Å². The van der Waals surface area contributed by atoms with Crippen LogP contribution in [0.3, 0.4) is 0 Å². The fourth-order valence-corrected chi connectivity index (χ4v) is 3.32. The number of hydrogen-bond donors (Lipinski definition) is 0. The Morgan fingerprint density at radius 1 is 1.06 bits per heavy atom. The van der Waals surface area contributed by atoms with E-state index in [0.29, 0.717) is 0 Å². The zero-order chi connectivity index (χ0) is 25.5. The summed E-state index contributed by atoms with van der Waals surface area (Å²) in [5.41, 5.74) is -2.01. The lowest BCUT2D eigenvalue weighted by Crippen LogP contribution is -2.26. The Hall–Kier alpha value is -3.88. The minimum atomic E-state index is -3.01. The van der Waals surface area contributed by atoms with Gasteiger partial charge in [0.1, 0.15) is 18.0 Å². The fraction of sp³-hybridized carbons (Fsp3) is 0.261. The van der Waals surface area contributed by atoms with Crippen LogP contribution in [0.15, 0.2) is 36.7 Å². The standard InChI is InChI=1S/C23H16F7N5/c1-23(2,21(29)30)6-5-12-7-13(24)9-14(8-12)34(10-17(26)27)20-18-16(4-3-15(25)19(18)28)35-11-31-33-22(35)32-20/h3-4,7-9,11,17,21H,10H2,1-2H3. The van der Waals surface area contributed by atoms with Crippen molar-refractivity contribution in [3.63, 3.8) is 0 Å². The molecule has 0 aliphatic heterocycles. The molecule has 0 atom stereocenters. The molecule has 4 rings (SSSR count). The highest BCUT2D eigenvalue weighted by atomic mass is 19.3. The van der Waals surface area contributed by atoms with Gasteiger partial charge in [-0.25, -0.2) is 30.7 Å². The van der Waals surface area contributed by atoms with Crippen LogP contribution in [-0.2, 0) is 0 Å². The minimum absolute atomic E-state index is 0.0308. The highest BCUT2D eigenvalue weighted by Crippen LogP contribution is 2.35. The molecule has 0 saturated carbocycles. The maximum atomic E-state index is 14.9. The molecular weight excluding hydrogens is 479 g/mol.